The molecule has 1 fully saturated rings. The summed E-state index contributed by atoms with van der Waals surface area (Å²) in [6.45, 7) is 6.31. The summed E-state index contributed by atoms with van der Waals surface area (Å²) in [4.78, 5) is 22.8. The van der Waals surface area contributed by atoms with Crippen molar-refractivity contribution in [3.63, 3.8) is 0 Å². The first-order valence-corrected chi connectivity index (χ1v) is 8.36. The summed E-state index contributed by atoms with van der Waals surface area (Å²) < 4.78 is 0. The first kappa shape index (κ1) is 14.7. The van der Waals surface area contributed by atoms with Crippen molar-refractivity contribution < 1.29 is 0 Å². The van der Waals surface area contributed by atoms with Crippen LogP contribution in [-0.4, -0.2) is 41.0 Å². The summed E-state index contributed by atoms with van der Waals surface area (Å²) in [5, 5.41) is 3.39. The number of hydrogen-bond donors (Lipinski definition) is 2. The van der Waals surface area contributed by atoms with Gasteiger partial charge in [0, 0.05) is 31.7 Å². The quantitative estimate of drug-likeness (QED) is 0.880. The predicted molar refractivity (Wildman–Crippen MR) is 83.6 cm³/mol. The third-order valence-electron chi connectivity index (χ3n) is 4.68. The van der Waals surface area contributed by atoms with Gasteiger partial charge in [0.1, 0.15) is 5.82 Å². The summed E-state index contributed by atoms with van der Waals surface area (Å²) in [6, 6.07) is 0.261. The first-order chi connectivity index (χ1) is 10.3. The summed E-state index contributed by atoms with van der Waals surface area (Å²) in [5.74, 6) is 0.893. The fourth-order valence-electron chi connectivity index (χ4n) is 3.54. The minimum absolute atomic E-state index is 0.103. The highest BCUT2D eigenvalue weighted by molar-refractivity contribution is 5.21. The zero-order valence-corrected chi connectivity index (χ0v) is 13.0. The number of aromatic amines is 1. The molecular formula is C16H26N4O. The van der Waals surface area contributed by atoms with E-state index in [0.717, 1.165) is 81.8 Å². The molecule has 5 heteroatoms. The Labute approximate surface area is 126 Å². The molecule has 5 nitrogen and oxygen atoms in total. The molecule has 1 unspecified atom stereocenters. The van der Waals surface area contributed by atoms with Crippen molar-refractivity contribution in [2.75, 3.05) is 26.2 Å². The molecule has 2 aliphatic rings. The van der Waals surface area contributed by atoms with Crippen molar-refractivity contribution in [1.82, 2.24) is 20.2 Å². The Hall–Kier alpha value is -1.20. The van der Waals surface area contributed by atoms with Crippen molar-refractivity contribution >= 4 is 0 Å². The largest absolute Gasteiger partial charge is 0.314 e. The van der Waals surface area contributed by atoms with E-state index < -0.39 is 0 Å². The number of H-pyrrole nitrogens is 1. The van der Waals surface area contributed by atoms with Gasteiger partial charge in [0.25, 0.3) is 5.56 Å². The van der Waals surface area contributed by atoms with Crippen LogP contribution < -0.4 is 10.9 Å². The number of aromatic nitrogens is 2. The van der Waals surface area contributed by atoms with Gasteiger partial charge in [0.15, 0.2) is 0 Å². The molecule has 2 N–H and O–H groups in total. The van der Waals surface area contributed by atoms with Crippen molar-refractivity contribution in [2.45, 2.75) is 51.5 Å². The number of aryl methyl sites for hydroxylation is 1. The summed E-state index contributed by atoms with van der Waals surface area (Å²) in [5.41, 5.74) is 2.09. The second kappa shape index (κ2) is 6.71. The standard InChI is InChI=1S/C16H26N4O/c1-2-5-14(20-10-8-17-9-11-20)15-18-13-7-4-3-6-12(13)16(21)19-15/h14,17H,2-11H2,1H3,(H,18,19,21). The minimum atomic E-state index is 0.103. The van der Waals surface area contributed by atoms with Gasteiger partial charge < -0.3 is 10.3 Å². The van der Waals surface area contributed by atoms with Gasteiger partial charge >= 0.3 is 0 Å². The lowest BCUT2D eigenvalue weighted by atomic mass is 9.96. The van der Waals surface area contributed by atoms with E-state index in [1.807, 2.05) is 0 Å². The molecular weight excluding hydrogens is 264 g/mol. The number of nitrogens with one attached hydrogen (secondary N) is 2. The van der Waals surface area contributed by atoms with Crippen LogP contribution in [-0.2, 0) is 12.8 Å². The van der Waals surface area contributed by atoms with Crippen LogP contribution in [0, 0.1) is 0 Å². The van der Waals surface area contributed by atoms with E-state index in [9.17, 15) is 4.79 Å². The Balaban J connectivity index is 1.91. The van der Waals surface area contributed by atoms with Crippen LogP contribution in [0.4, 0.5) is 0 Å². The summed E-state index contributed by atoms with van der Waals surface area (Å²) >= 11 is 0. The number of fused-ring (bicyclic) bond motifs is 1. The molecule has 1 saturated heterocycles. The van der Waals surface area contributed by atoms with E-state index in [-0.39, 0.29) is 11.6 Å². The number of hydrogen-bond acceptors (Lipinski definition) is 4. The Bertz CT molecular complexity index is 534. The molecule has 2 heterocycles. The van der Waals surface area contributed by atoms with E-state index in [4.69, 9.17) is 4.98 Å². The van der Waals surface area contributed by atoms with Crippen LogP contribution in [0.15, 0.2) is 4.79 Å². The van der Waals surface area contributed by atoms with E-state index >= 15 is 0 Å². The maximum Gasteiger partial charge on any atom is 0.254 e. The number of nitrogens with zero attached hydrogens (tertiary/aromatic N) is 2. The van der Waals surface area contributed by atoms with E-state index in [1.165, 1.54) is 0 Å². The van der Waals surface area contributed by atoms with Crippen LogP contribution in [0.25, 0.3) is 0 Å². The van der Waals surface area contributed by atoms with Crippen molar-refractivity contribution in [3.8, 4) is 0 Å². The van der Waals surface area contributed by atoms with E-state index in [1.54, 1.807) is 0 Å². The van der Waals surface area contributed by atoms with Gasteiger partial charge in [-0.3, -0.25) is 9.69 Å². The molecule has 1 aromatic rings. The molecule has 0 aromatic carbocycles. The topological polar surface area (TPSA) is 61.0 Å². The smallest absolute Gasteiger partial charge is 0.254 e. The highest BCUT2D eigenvalue weighted by atomic mass is 16.1. The average Bonchev–Trinajstić information content (AvgIpc) is 2.53. The van der Waals surface area contributed by atoms with Gasteiger partial charge in [-0.05, 0) is 32.1 Å². The third kappa shape index (κ3) is 3.19. The Morgan fingerprint density at radius 1 is 1.24 bits per heavy atom. The molecule has 0 radical (unpaired) electrons. The molecule has 116 valence electrons. The molecule has 3 rings (SSSR count). The lowest BCUT2D eigenvalue weighted by Crippen LogP contribution is -2.46. The van der Waals surface area contributed by atoms with Crippen LogP contribution >= 0.6 is 0 Å². The molecule has 21 heavy (non-hydrogen) atoms. The second-order valence-electron chi connectivity index (χ2n) is 6.17. The monoisotopic (exact) mass is 290 g/mol. The summed E-state index contributed by atoms with van der Waals surface area (Å²) in [7, 11) is 0. The van der Waals surface area contributed by atoms with Gasteiger partial charge in [-0.1, -0.05) is 13.3 Å². The Morgan fingerprint density at radius 2 is 2.00 bits per heavy atom. The van der Waals surface area contributed by atoms with Crippen molar-refractivity contribution in [3.05, 3.63) is 27.4 Å². The van der Waals surface area contributed by atoms with Crippen molar-refractivity contribution in [1.29, 1.82) is 0 Å². The zero-order chi connectivity index (χ0) is 14.7. The maximum atomic E-state index is 12.3. The fraction of sp³-hybridized carbons (Fsp3) is 0.750. The first-order valence-electron chi connectivity index (χ1n) is 8.36. The predicted octanol–water partition coefficient (Wildman–Crippen LogP) is 1.40. The SMILES string of the molecule is CCCC(c1nc2c(c(=O)[nH]1)CCCC2)N1CCNCC1. The van der Waals surface area contributed by atoms with Gasteiger partial charge in [-0.25, -0.2) is 4.98 Å². The Kier molecular flexibility index (Phi) is 4.70. The summed E-state index contributed by atoms with van der Waals surface area (Å²) in [6.07, 6.45) is 6.30. The molecule has 0 amide bonds. The fourth-order valence-corrected chi connectivity index (χ4v) is 3.54. The molecule has 0 spiro atoms. The molecule has 1 aliphatic heterocycles. The van der Waals surface area contributed by atoms with Gasteiger partial charge in [0.05, 0.1) is 11.7 Å². The molecule has 1 aliphatic carbocycles. The molecule has 0 saturated carbocycles. The van der Waals surface area contributed by atoms with Crippen LogP contribution in [0.1, 0.15) is 55.7 Å². The lowest BCUT2D eigenvalue weighted by molar-refractivity contribution is 0.157. The molecule has 1 aromatic heterocycles. The highest BCUT2D eigenvalue weighted by Crippen LogP contribution is 2.24. The second-order valence-corrected chi connectivity index (χ2v) is 6.17. The van der Waals surface area contributed by atoms with Crippen molar-refractivity contribution in [2.24, 2.45) is 0 Å². The van der Waals surface area contributed by atoms with Crippen LogP contribution in [0.3, 0.4) is 0 Å². The number of rotatable bonds is 4. The normalized spacial score (nSPS) is 21.0. The van der Waals surface area contributed by atoms with Gasteiger partial charge in [-0.2, -0.15) is 0 Å². The zero-order valence-electron chi connectivity index (χ0n) is 13.0. The van der Waals surface area contributed by atoms with E-state index in [0.29, 0.717) is 0 Å². The molecule has 0 bridgehead atoms. The van der Waals surface area contributed by atoms with E-state index in [2.05, 4.69) is 22.1 Å². The van der Waals surface area contributed by atoms with Gasteiger partial charge in [-0.15, -0.1) is 0 Å². The van der Waals surface area contributed by atoms with Gasteiger partial charge in [0.2, 0.25) is 0 Å². The lowest BCUT2D eigenvalue weighted by Gasteiger charge is -2.34. The Morgan fingerprint density at radius 3 is 2.76 bits per heavy atom. The molecule has 1 atom stereocenters. The maximum absolute atomic E-state index is 12.3. The highest BCUT2D eigenvalue weighted by Gasteiger charge is 2.25. The number of piperazine rings is 1. The van der Waals surface area contributed by atoms with Crippen LogP contribution in [0.2, 0.25) is 0 Å². The minimum Gasteiger partial charge on any atom is -0.314 e. The third-order valence-corrected chi connectivity index (χ3v) is 4.68. The average molecular weight is 290 g/mol. The van der Waals surface area contributed by atoms with Crippen LogP contribution in [0.5, 0.6) is 0 Å².